The molecule has 1 unspecified atom stereocenters. The molecule has 0 aliphatic heterocycles. The monoisotopic (exact) mass is 410 g/mol. The molecule has 0 radical (unpaired) electrons. The van der Waals surface area contributed by atoms with E-state index in [2.05, 4.69) is 10.0 Å². The van der Waals surface area contributed by atoms with E-state index in [-0.39, 0.29) is 16.6 Å². The molecule has 0 aliphatic carbocycles. The van der Waals surface area contributed by atoms with Crippen LogP contribution >= 0.6 is 11.6 Å². The van der Waals surface area contributed by atoms with Crippen LogP contribution in [0.3, 0.4) is 0 Å². The smallest absolute Gasteiger partial charge is 0.244 e. The Morgan fingerprint density at radius 1 is 1.11 bits per heavy atom. The molecule has 1 atom stereocenters. The molecule has 0 saturated carbocycles. The Bertz CT molecular complexity index is 929. The highest BCUT2D eigenvalue weighted by Crippen LogP contribution is 2.28. The quantitative estimate of drug-likeness (QED) is 0.727. The number of ether oxygens (including phenoxy) is 1. The Balaban J connectivity index is 2.23. The van der Waals surface area contributed by atoms with Gasteiger partial charge in [0.05, 0.1) is 23.9 Å². The maximum Gasteiger partial charge on any atom is 0.244 e. The minimum Gasteiger partial charge on any atom is -0.495 e. The first kappa shape index (κ1) is 21.2. The van der Waals surface area contributed by atoms with E-state index in [4.69, 9.17) is 16.3 Å². The summed E-state index contributed by atoms with van der Waals surface area (Å²) < 4.78 is 33.2. The number of para-hydroxylation sites is 1. The third-order valence-corrected chi connectivity index (χ3v) is 5.89. The van der Waals surface area contributed by atoms with E-state index in [0.717, 1.165) is 5.56 Å². The van der Waals surface area contributed by atoms with Crippen LogP contribution in [0.25, 0.3) is 0 Å². The number of hydrogen-bond acceptors (Lipinski definition) is 4. The Morgan fingerprint density at radius 2 is 1.78 bits per heavy atom. The van der Waals surface area contributed by atoms with E-state index in [1.807, 2.05) is 19.9 Å². The number of anilines is 1. The summed E-state index contributed by atoms with van der Waals surface area (Å²) >= 11 is 6.02. The predicted octanol–water partition coefficient (Wildman–Crippen LogP) is 3.78. The standard InChI is InChI=1S/C19H23ClN2O4S/c1-12(2)14-9-10-17(26-4)18(11-14)27(24,25)22-13(3)19(23)21-16-8-6-5-7-15(16)20/h5-13,22H,1-4H3,(H,21,23). The fourth-order valence-corrected chi connectivity index (χ4v) is 4.01. The molecule has 6 nitrogen and oxygen atoms in total. The molecule has 0 fully saturated rings. The summed E-state index contributed by atoms with van der Waals surface area (Å²) in [6.45, 7) is 5.39. The summed E-state index contributed by atoms with van der Waals surface area (Å²) in [5.41, 5.74) is 1.26. The fraction of sp³-hybridized carbons (Fsp3) is 0.316. The Kier molecular flexibility index (Phi) is 6.86. The van der Waals surface area contributed by atoms with Gasteiger partial charge in [-0.05, 0) is 42.7 Å². The summed E-state index contributed by atoms with van der Waals surface area (Å²) in [6, 6.07) is 10.7. The molecule has 0 aromatic heterocycles. The summed E-state index contributed by atoms with van der Waals surface area (Å²) in [7, 11) is -2.57. The maximum absolute atomic E-state index is 12.8. The molecule has 0 spiro atoms. The average molecular weight is 411 g/mol. The van der Waals surface area contributed by atoms with Gasteiger partial charge in [0.15, 0.2) is 0 Å². The lowest BCUT2D eigenvalue weighted by Gasteiger charge is -2.17. The van der Waals surface area contributed by atoms with Gasteiger partial charge in [-0.2, -0.15) is 4.72 Å². The first-order valence-corrected chi connectivity index (χ1v) is 10.3. The normalized spacial score (nSPS) is 12.7. The summed E-state index contributed by atoms with van der Waals surface area (Å²) in [4.78, 5) is 12.4. The molecule has 0 bridgehead atoms. The predicted molar refractivity (Wildman–Crippen MR) is 107 cm³/mol. The van der Waals surface area contributed by atoms with Crippen molar-refractivity contribution in [2.45, 2.75) is 37.6 Å². The van der Waals surface area contributed by atoms with Crippen LogP contribution in [-0.4, -0.2) is 27.5 Å². The van der Waals surface area contributed by atoms with Gasteiger partial charge in [-0.15, -0.1) is 0 Å². The largest absolute Gasteiger partial charge is 0.495 e. The number of amides is 1. The van der Waals surface area contributed by atoms with Crippen LogP contribution in [0.2, 0.25) is 5.02 Å². The number of hydrogen-bond donors (Lipinski definition) is 2. The summed E-state index contributed by atoms with van der Waals surface area (Å²) in [6.07, 6.45) is 0. The zero-order chi connectivity index (χ0) is 20.2. The number of sulfonamides is 1. The molecule has 2 aromatic rings. The van der Waals surface area contributed by atoms with Gasteiger partial charge in [0.2, 0.25) is 15.9 Å². The SMILES string of the molecule is COc1ccc(C(C)C)cc1S(=O)(=O)NC(C)C(=O)Nc1ccccc1Cl. The molecule has 1 amide bonds. The van der Waals surface area contributed by atoms with E-state index >= 15 is 0 Å². The van der Waals surface area contributed by atoms with Crippen molar-refractivity contribution >= 4 is 33.2 Å². The van der Waals surface area contributed by atoms with Gasteiger partial charge in [-0.3, -0.25) is 4.79 Å². The van der Waals surface area contributed by atoms with E-state index in [9.17, 15) is 13.2 Å². The van der Waals surface area contributed by atoms with Crippen LogP contribution < -0.4 is 14.8 Å². The van der Waals surface area contributed by atoms with Crippen LogP contribution in [0.4, 0.5) is 5.69 Å². The second-order valence-electron chi connectivity index (χ2n) is 6.38. The molecule has 2 aromatic carbocycles. The number of rotatable bonds is 7. The van der Waals surface area contributed by atoms with Crippen LogP contribution in [0.1, 0.15) is 32.3 Å². The van der Waals surface area contributed by atoms with Crippen LogP contribution in [0.5, 0.6) is 5.75 Å². The van der Waals surface area contributed by atoms with E-state index in [0.29, 0.717) is 10.7 Å². The molecular weight excluding hydrogens is 388 g/mol. The highest BCUT2D eigenvalue weighted by atomic mass is 35.5. The lowest BCUT2D eigenvalue weighted by Crippen LogP contribution is -2.41. The zero-order valence-corrected chi connectivity index (χ0v) is 17.2. The molecule has 0 aliphatic rings. The molecule has 0 heterocycles. The van der Waals surface area contributed by atoms with Gasteiger partial charge in [0.1, 0.15) is 10.6 Å². The number of benzene rings is 2. The number of carbonyl (C=O) groups excluding carboxylic acids is 1. The Hall–Kier alpha value is -2.09. The first-order valence-electron chi connectivity index (χ1n) is 8.41. The van der Waals surface area contributed by atoms with Gasteiger partial charge in [-0.1, -0.05) is 43.6 Å². The fourth-order valence-electron chi connectivity index (χ4n) is 2.42. The van der Waals surface area contributed by atoms with Gasteiger partial charge in [0, 0.05) is 0 Å². The second kappa shape index (κ2) is 8.73. The lowest BCUT2D eigenvalue weighted by atomic mass is 10.0. The van der Waals surface area contributed by atoms with Gasteiger partial charge in [0.25, 0.3) is 0 Å². The molecule has 2 rings (SSSR count). The summed E-state index contributed by atoms with van der Waals surface area (Å²) in [5, 5.41) is 2.98. The molecular formula is C19H23ClN2O4S. The minimum absolute atomic E-state index is 0.00593. The zero-order valence-electron chi connectivity index (χ0n) is 15.6. The van der Waals surface area contributed by atoms with Crippen LogP contribution in [0.15, 0.2) is 47.4 Å². The second-order valence-corrected chi connectivity index (χ2v) is 8.47. The van der Waals surface area contributed by atoms with E-state index in [1.54, 1.807) is 36.4 Å². The topological polar surface area (TPSA) is 84.5 Å². The van der Waals surface area contributed by atoms with Gasteiger partial charge < -0.3 is 10.1 Å². The van der Waals surface area contributed by atoms with Crippen LogP contribution in [0, 0.1) is 0 Å². The van der Waals surface area contributed by atoms with Crippen molar-refractivity contribution in [2.24, 2.45) is 0 Å². The van der Waals surface area contributed by atoms with E-state index < -0.39 is 22.0 Å². The van der Waals surface area contributed by atoms with Crippen LogP contribution in [-0.2, 0) is 14.8 Å². The molecule has 8 heteroatoms. The average Bonchev–Trinajstić information content (AvgIpc) is 2.62. The number of halogens is 1. The van der Waals surface area contributed by atoms with Gasteiger partial charge in [-0.25, -0.2) is 8.42 Å². The van der Waals surface area contributed by atoms with Crippen molar-refractivity contribution in [3.8, 4) is 5.75 Å². The highest BCUT2D eigenvalue weighted by Gasteiger charge is 2.26. The number of nitrogens with one attached hydrogen (secondary N) is 2. The van der Waals surface area contributed by atoms with Crippen molar-refractivity contribution in [3.63, 3.8) is 0 Å². The minimum atomic E-state index is -3.97. The number of carbonyl (C=O) groups is 1. The molecule has 2 N–H and O–H groups in total. The summed E-state index contributed by atoms with van der Waals surface area (Å²) in [5.74, 6) is -0.165. The molecule has 146 valence electrons. The van der Waals surface area contributed by atoms with E-state index in [1.165, 1.54) is 14.0 Å². The van der Waals surface area contributed by atoms with Crippen molar-refractivity contribution < 1.29 is 17.9 Å². The Morgan fingerprint density at radius 3 is 2.37 bits per heavy atom. The highest BCUT2D eigenvalue weighted by molar-refractivity contribution is 7.89. The number of methoxy groups -OCH3 is 1. The maximum atomic E-state index is 12.8. The molecule has 0 saturated heterocycles. The van der Waals surface area contributed by atoms with Crippen molar-refractivity contribution in [1.29, 1.82) is 0 Å². The third-order valence-electron chi connectivity index (χ3n) is 4.00. The van der Waals surface area contributed by atoms with Crippen molar-refractivity contribution in [2.75, 3.05) is 12.4 Å². The van der Waals surface area contributed by atoms with Gasteiger partial charge >= 0.3 is 0 Å². The Labute approximate surface area is 164 Å². The third kappa shape index (κ3) is 5.22. The van der Waals surface area contributed by atoms with Crippen molar-refractivity contribution in [3.05, 3.63) is 53.1 Å². The first-order chi connectivity index (χ1) is 12.7. The molecule has 27 heavy (non-hydrogen) atoms. The lowest BCUT2D eigenvalue weighted by molar-refractivity contribution is -0.117. The van der Waals surface area contributed by atoms with Crippen molar-refractivity contribution in [1.82, 2.24) is 4.72 Å².